The molecule has 0 aliphatic carbocycles. The summed E-state index contributed by atoms with van der Waals surface area (Å²) in [4.78, 5) is 10.8. The first kappa shape index (κ1) is 15.8. The molecule has 1 aliphatic rings. The molecule has 5 heteroatoms. The van der Waals surface area contributed by atoms with E-state index in [0.29, 0.717) is 30.3 Å². The van der Waals surface area contributed by atoms with Crippen molar-refractivity contribution in [2.45, 2.75) is 32.0 Å². The maximum absolute atomic E-state index is 10.8. The van der Waals surface area contributed by atoms with Gasteiger partial charge in [0.05, 0.1) is 20.3 Å². The number of carbonyl (C=O) groups is 1. The van der Waals surface area contributed by atoms with Crippen molar-refractivity contribution < 1.29 is 23.7 Å². The molecule has 0 saturated carbocycles. The molecule has 1 heterocycles. The zero-order valence-electron chi connectivity index (χ0n) is 12.4. The highest BCUT2D eigenvalue weighted by Crippen LogP contribution is 2.27. The predicted molar refractivity (Wildman–Crippen MR) is 78.0 cm³/mol. The molecule has 0 bridgehead atoms. The molecule has 1 aliphatic heterocycles. The van der Waals surface area contributed by atoms with Crippen LogP contribution in [0, 0.1) is 0 Å². The Hall–Kier alpha value is -1.59. The third-order valence-corrected chi connectivity index (χ3v) is 3.31. The first-order valence-corrected chi connectivity index (χ1v) is 7.32. The standard InChI is InChI=1S/C16H22O5/c1-18-14-7-6-13(12-17)11-15(14)19-9-4-10-21-16-5-2-3-8-20-16/h6-7,11-12,16H,2-5,8-10H2,1H3/t16-/m0/s1. The van der Waals surface area contributed by atoms with Crippen LogP contribution in [0.2, 0.25) is 0 Å². The van der Waals surface area contributed by atoms with Crippen molar-refractivity contribution in [2.24, 2.45) is 0 Å². The molecule has 1 atom stereocenters. The fourth-order valence-electron chi connectivity index (χ4n) is 2.18. The van der Waals surface area contributed by atoms with Crippen LogP contribution in [0.1, 0.15) is 36.0 Å². The highest BCUT2D eigenvalue weighted by molar-refractivity contribution is 5.76. The summed E-state index contributed by atoms with van der Waals surface area (Å²) in [6, 6.07) is 5.10. The Labute approximate surface area is 125 Å². The SMILES string of the molecule is COc1ccc(C=O)cc1OCCCO[C@H]1CCCCO1. The topological polar surface area (TPSA) is 54.0 Å². The van der Waals surface area contributed by atoms with Crippen LogP contribution in [0.5, 0.6) is 11.5 Å². The summed E-state index contributed by atoms with van der Waals surface area (Å²) in [5.41, 5.74) is 0.567. The van der Waals surface area contributed by atoms with E-state index in [9.17, 15) is 4.79 Å². The van der Waals surface area contributed by atoms with Crippen molar-refractivity contribution in [3.05, 3.63) is 23.8 Å². The van der Waals surface area contributed by atoms with Crippen molar-refractivity contribution >= 4 is 6.29 Å². The van der Waals surface area contributed by atoms with Crippen molar-refractivity contribution in [2.75, 3.05) is 26.9 Å². The van der Waals surface area contributed by atoms with E-state index in [-0.39, 0.29) is 6.29 Å². The molecule has 0 N–H and O–H groups in total. The Bertz CT molecular complexity index is 440. The van der Waals surface area contributed by atoms with Gasteiger partial charge in [0, 0.05) is 18.6 Å². The van der Waals surface area contributed by atoms with Gasteiger partial charge in [-0.15, -0.1) is 0 Å². The van der Waals surface area contributed by atoms with E-state index in [2.05, 4.69) is 0 Å². The summed E-state index contributed by atoms with van der Waals surface area (Å²) in [6.45, 7) is 1.89. The van der Waals surface area contributed by atoms with Crippen LogP contribution in [0.15, 0.2) is 18.2 Å². The minimum atomic E-state index is -0.0633. The van der Waals surface area contributed by atoms with E-state index >= 15 is 0 Å². The second kappa shape index (κ2) is 8.64. The summed E-state index contributed by atoms with van der Waals surface area (Å²) in [6.07, 6.45) is 4.74. The summed E-state index contributed by atoms with van der Waals surface area (Å²) >= 11 is 0. The average Bonchev–Trinajstić information content (AvgIpc) is 2.55. The van der Waals surface area contributed by atoms with Crippen LogP contribution in [-0.4, -0.2) is 39.5 Å². The summed E-state index contributed by atoms with van der Waals surface area (Å²) in [5, 5.41) is 0. The average molecular weight is 294 g/mol. The molecule has 0 spiro atoms. The van der Waals surface area contributed by atoms with Crippen LogP contribution in [0.25, 0.3) is 0 Å². The third kappa shape index (κ3) is 5.02. The molecule has 0 radical (unpaired) electrons. The van der Waals surface area contributed by atoms with E-state index in [4.69, 9.17) is 18.9 Å². The fraction of sp³-hybridized carbons (Fsp3) is 0.562. The fourth-order valence-corrected chi connectivity index (χ4v) is 2.18. The molecule has 0 unspecified atom stereocenters. The van der Waals surface area contributed by atoms with Gasteiger partial charge in [-0.2, -0.15) is 0 Å². The Kier molecular flexibility index (Phi) is 6.50. The normalized spacial score (nSPS) is 18.2. The van der Waals surface area contributed by atoms with Crippen molar-refractivity contribution in [1.82, 2.24) is 0 Å². The Morgan fingerprint density at radius 3 is 2.90 bits per heavy atom. The summed E-state index contributed by atoms with van der Waals surface area (Å²) < 4.78 is 22.0. The first-order valence-electron chi connectivity index (χ1n) is 7.32. The van der Waals surface area contributed by atoms with Crippen LogP contribution < -0.4 is 9.47 Å². The molecule has 1 saturated heterocycles. The lowest BCUT2D eigenvalue weighted by Crippen LogP contribution is -2.23. The van der Waals surface area contributed by atoms with Gasteiger partial charge in [-0.3, -0.25) is 4.79 Å². The van der Waals surface area contributed by atoms with Gasteiger partial charge in [0.15, 0.2) is 17.8 Å². The lowest BCUT2D eigenvalue weighted by molar-refractivity contribution is -0.163. The van der Waals surface area contributed by atoms with E-state index in [1.165, 1.54) is 0 Å². The van der Waals surface area contributed by atoms with Gasteiger partial charge < -0.3 is 18.9 Å². The molecular formula is C16H22O5. The van der Waals surface area contributed by atoms with Crippen LogP contribution >= 0.6 is 0 Å². The molecule has 0 aromatic heterocycles. The summed E-state index contributed by atoms with van der Waals surface area (Å²) in [5.74, 6) is 1.20. The molecule has 5 nitrogen and oxygen atoms in total. The van der Waals surface area contributed by atoms with Gasteiger partial charge in [0.25, 0.3) is 0 Å². The van der Waals surface area contributed by atoms with E-state index in [0.717, 1.165) is 38.6 Å². The molecule has 2 rings (SSSR count). The molecule has 1 aromatic rings. The van der Waals surface area contributed by atoms with Gasteiger partial charge in [-0.1, -0.05) is 0 Å². The zero-order chi connectivity index (χ0) is 14.9. The summed E-state index contributed by atoms with van der Waals surface area (Å²) in [7, 11) is 1.58. The van der Waals surface area contributed by atoms with Gasteiger partial charge in [-0.05, 0) is 37.5 Å². The second-order valence-corrected chi connectivity index (χ2v) is 4.90. The number of hydrogen-bond acceptors (Lipinski definition) is 5. The minimum absolute atomic E-state index is 0.0633. The molecule has 0 amide bonds. The van der Waals surface area contributed by atoms with Gasteiger partial charge >= 0.3 is 0 Å². The molecule has 21 heavy (non-hydrogen) atoms. The number of ether oxygens (including phenoxy) is 4. The number of benzene rings is 1. The number of carbonyl (C=O) groups excluding carboxylic acids is 1. The highest BCUT2D eigenvalue weighted by Gasteiger charge is 2.13. The Balaban J connectivity index is 1.71. The van der Waals surface area contributed by atoms with Gasteiger partial charge in [0.1, 0.15) is 6.29 Å². The van der Waals surface area contributed by atoms with E-state index in [1.54, 1.807) is 25.3 Å². The maximum Gasteiger partial charge on any atom is 0.161 e. The number of methoxy groups -OCH3 is 1. The third-order valence-electron chi connectivity index (χ3n) is 3.31. The van der Waals surface area contributed by atoms with Crippen molar-refractivity contribution in [3.8, 4) is 11.5 Å². The van der Waals surface area contributed by atoms with Crippen LogP contribution in [-0.2, 0) is 9.47 Å². The highest BCUT2D eigenvalue weighted by atomic mass is 16.7. The van der Waals surface area contributed by atoms with Crippen molar-refractivity contribution in [3.63, 3.8) is 0 Å². The number of aldehydes is 1. The Morgan fingerprint density at radius 1 is 1.29 bits per heavy atom. The molecule has 1 aromatic carbocycles. The number of hydrogen-bond donors (Lipinski definition) is 0. The monoisotopic (exact) mass is 294 g/mol. The smallest absolute Gasteiger partial charge is 0.161 e. The molecule has 116 valence electrons. The zero-order valence-corrected chi connectivity index (χ0v) is 12.4. The predicted octanol–water partition coefficient (Wildman–Crippen LogP) is 2.82. The first-order chi connectivity index (χ1) is 10.3. The molecular weight excluding hydrogens is 272 g/mol. The van der Waals surface area contributed by atoms with Gasteiger partial charge in [0.2, 0.25) is 0 Å². The lowest BCUT2D eigenvalue weighted by Gasteiger charge is -2.22. The van der Waals surface area contributed by atoms with Crippen molar-refractivity contribution in [1.29, 1.82) is 0 Å². The quantitative estimate of drug-likeness (QED) is 0.545. The van der Waals surface area contributed by atoms with E-state index < -0.39 is 0 Å². The minimum Gasteiger partial charge on any atom is -0.493 e. The van der Waals surface area contributed by atoms with Gasteiger partial charge in [-0.25, -0.2) is 0 Å². The van der Waals surface area contributed by atoms with E-state index in [1.807, 2.05) is 0 Å². The largest absolute Gasteiger partial charge is 0.493 e. The lowest BCUT2D eigenvalue weighted by atomic mass is 10.2. The Morgan fingerprint density at radius 2 is 2.19 bits per heavy atom. The van der Waals surface area contributed by atoms with Crippen LogP contribution in [0.4, 0.5) is 0 Å². The molecule has 1 fully saturated rings. The second-order valence-electron chi connectivity index (χ2n) is 4.90. The van der Waals surface area contributed by atoms with Crippen LogP contribution in [0.3, 0.4) is 0 Å². The maximum atomic E-state index is 10.8. The number of rotatable bonds is 8.